The van der Waals surface area contributed by atoms with Gasteiger partial charge >= 0.3 is 0 Å². The van der Waals surface area contributed by atoms with Crippen LogP contribution >= 0.6 is 23.2 Å². The predicted molar refractivity (Wildman–Crippen MR) is 108 cm³/mol. The van der Waals surface area contributed by atoms with Gasteiger partial charge in [0.05, 0.1) is 10.6 Å². The van der Waals surface area contributed by atoms with Gasteiger partial charge < -0.3 is 10.3 Å². The monoisotopic (exact) mass is 386 g/mol. The number of nitrogens with one attached hydrogen (secondary N) is 2. The van der Waals surface area contributed by atoms with Gasteiger partial charge in [-0.15, -0.1) is 0 Å². The number of carbonyl (C=O) groups is 1. The lowest BCUT2D eigenvalue weighted by Gasteiger charge is -2.24. The van der Waals surface area contributed by atoms with E-state index in [9.17, 15) is 4.79 Å². The van der Waals surface area contributed by atoms with Crippen molar-refractivity contribution in [3.05, 3.63) is 68.3 Å². The molecule has 0 fully saturated rings. The highest BCUT2D eigenvalue weighted by atomic mass is 35.5. The smallest absolute Gasteiger partial charge is 0.253 e. The van der Waals surface area contributed by atoms with Crippen molar-refractivity contribution in [2.24, 2.45) is 0 Å². The van der Waals surface area contributed by atoms with Crippen LogP contribution in [0.25, 0.3) is 10.9 Å². The molecule has 0 saturated carbocycles. The van der Waals surface area contributed by atoms with Crippen LogP contribution in [-0.4, -0.2) is 16.9 Å². The maximum atomic E-state index is 12.7. The lowest BCUT2D eigenvalue weighted by Crippen LogP contribution is -2.38. The number of hydrogen-bond acceptors (Lipinski definition) is 1. The minimum atomic E-state index is -0.110. The Morgan fingerprint density at radius 1 is 1.19 bits per heavy atom. The Labute approximate surface area is 162 Å². The van der Waals surface area contributed by atoms with Crippen LogP contribution < -0.4 is 5.32 Å². The zero-order valence-electron chi connectivity index (χ0n) is 14.7. The second kappa shape index (κ2) is 6.64. The highest BCUT2D eigenvalue weighted by Crippen LogP contribution is 2.33. The highest BCUT2D eigenvalue weighted by molar-refractivity contribution is 6.33. The molecule has 0 bridgehead atoms. The molecular formula is C21H20Cl2N2O. The number of aromatic nitrogens is 1. The highest BCUT2D eigenvalue weighted by Gasteiger charge is 2.25. The molecule has 134 valence electrons. The molecule has 3 aromatic rings. The van der Waals surface area contributed by atoms with Crippen LogP contribution in [0.1, 0.15) is 39.2 Å². The fourth-order valence-electron chi connectivity index (χ4n) is 3.85. The quantitative estimate of drug-likeness (QED) is 0.609. The predicted octanol–water partition coefficient (Wildman–Crippen LogP) is 5.38. The maximum absolute atomic E-state index is 12.7. The maximum Gasteiger partial charge on any atom is 0.253 e. The van der Waals surface area contributed by atoms with Crippen LogP contribution in [0.4, 0.5) is 0 Å². The number of amides is 1. The Kier molecular flexibility index (Phi) is 4.45. The van der Waals surface area contributed by atoms with Gasteiger partial charge in [0.25, 0.3) is 5.91 Å². The van der Waals surface area contributed by atoms with E-state index < -0.39 is 0 Å². The molecule has 0 saturated heterocycles. The van der Waals surface area contributed by atoms with Crippen molar-refractivity contribution in [3.63, 3.8) is 0 Å². The third-order valence-corrected chi connectivity index (χ3v) is 5.71. The van der Waals surface area contributed by atoms with Crippen LogP contribution in [0.3, 0.4) is 0 Å². The fourth-order valence-corrected chi connectivity index (χ4v) is 4.33. The van der Waals surface area contributed by atoms with E-state index in [4.69, 9.17) is 23.2 Å². The number of H-pyrrole nitrogens is 1. The molecule has 0 radical (unpaired) electrons. The average molecular weight is 387 g/mol. The van der Waals surface area contributed by atoms with E-state index in [1.54, 1.807) is 6.07 Å². The van der Waals surface area contributed by atoms with Gasteiger partial charge in [-0.2, -0.15) is 0 Å². The minimum Gasteiger partial charge on any atom is -0.358 e. The van der Waals surface area contributed by atoms with Crippen molar-refractivity contribution >= 4 is 40.0 Å². The number of halogens is 2. The second-order valence-electron chi connectivity index (χ2n) is 7.12. The summed E-state index contributed by atoms with van der Waals surface area (Å²) in [5.41, 5.74) is 6.37. The molecular weight excluding hydrogens is 367 g/mol. The van der Waals surface area contributed by atoms with E-state index in [1.807, 2.05) is 31.2 Å². The number of fused-ring (bicyclic) bond motifs is 3. The van der Waals surface area contributed by atoms with E-state index in [-0.39, 0.29) is 11.9 Å². The minimum absolute atomic E-state index is 0.0878. The largest absolute Gasteiger partial charge is 0.358 e. The van der Waals surface area contributed by atoms with Crippen molar-refractivity contribution < 1.29 is 4.79 Å². The van der Waals surface area contributed by atoms with Crippen molar-refractivity contribution in [1.29, 1.82) is 0 Å². The zero-order chi connectivity index (χ0) is 18.4. The van der Waals surface area contributed by atoms with Gasteiger partial charge in [0.15, 0.2) is 0 Å². The zero-order valence-corrected chi connectivity index (χ0v) is 16.3. The van der Waals surface area contributed by atoms with E-state index in [2.05, 4.69) is 17.2 Å². The molecule has 3 nitrogen and oxygen atoms in total. The number of rotatable bonds is 2. The van der Waals surface area contributed by atoms with Crippen LogP contribution in [0.15, 0.2) is 30.3 Å². The van der Waals surface area contributed by atoms with Crippen LogP contribution in [0.2, 0.25) is 10.0 Å². The Morgan fingerprint density at radius 3 is 2.81 bits per heavy atom. The van der Waals surface area contributed by atoms with E-state index in [0.717, 1.165) is 46.3 Å². The van der Waals surface area contributed by atoms with Crippen LogP contribution in [0.5, 0.6) is 0 Å². The molecule has 5 heteroatoms. The van der Waals surface area contributed by atoms with Gasteiger partial charge in [0.1, 0.15) is 0 Å². The summed E-state index contributed by atoms with van der Waals surface area (Å²) in [5, 5.41) is 5.55. The first-order valence-corrected chi connectivity index (χ1v) is 9.54. The van der Waals surface area contributed by atoms with Crippen LogP contribution in [0, 0.1) is 13.8 Å². The first-order valence-electron chi connectivity index (χ1n) is 8.79. The summed E-state index contributed by atoms with van der Waals surface area (Å²) in [4.78, 5) is 16.2. The van der Waals surface area contributed by atoms with Crippen LogP contribution in [-0.2, 0) is 12.8 Å². The van der Waals surface area contributed by atoms with E-state index in [1.165, 1.54) is 11.3 Å². The molecule has 1 aliphatic rings. The Bertz CT molecular complexity index is 1020. The molecule has 26 heavy (non-hydrogen) atoms. The fraction of sp³-hybridized carbons (Fsp3) is 0.286. The van der Waals surface area contributed by atoms with Crippen molar-refractivity contribution in [2.45, 2.75) is 39.2 Å². The van der Waals surface area contributed by atoms with Gasteiger partial charge in [-0.05, 0) is 68.5 Å². The lowest BCUT2D eigenvalue weighted by molar-refractivity contribution is 0.0933. The SMILES string of the molecule is Cc1ccc(Cl)c(C(=O)N[C@H]2CCc3[nH]c4c(C)cc(Cl)cc4c3C2)c1. The van der Waals surface area contributed by atoms with Gasteiger partial charge in [0, 0.05) is 27.7 Å². The molecule has 4 rings (SSSR count). The van der Waals surface area contributed by atoms with Gasteiger partial charge in [0.2, 0.25) is 0 Å². The van der Waals surface area contributed by atoms with Crippen molar-refractivity contribution in [3.8, 4) is 0 Å². The normalized spacial score (nSPS) is 16.5. The van der Waals surface area contributed by atoms with E-state index >= 15 is 0 Å². The topological polar surface area (TPSA) is 44.9 Å². The Morgan fingerprint density at radius 2 is 2.00 bits per heavy atom. The first-order chi connectivity index (χ1) is 12.4. The van der Waals surface area contributed by atoms with E-state index in [0.29, 0.717) is 10.6 Å². The molecule has 2 N–H and O–H groups in total. The molecule has 1 aromatic heterocycles. The van der Waals surface area contributed by atoms with Gasteiger partial charge in [-0.1, -0.05) is 34.8 Å². The molecule has 0 unspecified atom stereocenters. The molecule has 1 aliphatic carbocycles. The van der Waals surface area contributed by atoms with Gasteiger partial charge in [-0.3, -0.25) is 4.79 Å². The summed E-state index contributed by atoms with van der Waals surface area (Å²) >= 11 is 12.5. The molecule has 1 heterocycles. The molecule has 2 aromatic carbocycles. The summed E-state index contributed by atoms with van der Waals surface area (Å²) in [6.45, 7) is 4.02. The van der Waals surface area contributed by atoms with Crippen molar-refractivity contribution in [1.82, 2.24) is 10.3 Å². The number of carbonyl (C=O) groups excluding carboxylic acids is 1. The number of hydrogen-bond donors (Lipinski definition) is 2. The Hall–Kier alpha value is -1.97. The third kappa shape index (κ3) is 3.10. The number of benzene rings is 2. The number of aryl methyl sites for hydroxylation is 3. The third-order valence-electron chi connectivity index (χ3n) is 5.16. The molecule has 1 amide bonds. The summed E-state index contributed by atoms with van der Waals surface area (Å²) in [7, 11) is 0. The second-order valence-corrected chi connectivity index (χ2v) is 7.97. The first kappa shape index (κ1) is 17.4. The number of aromatic amines is 1. The summed E-state index contributed by atoms with van der Waals surface area (Å²) < 4.78 is 0. The average Bonchev–Trinajstić information content (AvgIpc) is 2.95. The van der Waals surface area contributed by atoms with Crippen molar-refractivity contribution in [2.75, 3.05) is 0 Å². The lowest BCUT2D eigenvalue weighted by atomic mass is 9.91. The summed E-state index contributed by atoms with van der Waals surface area (Å²) in [6, 6.07) is 9.59. The summed E-state index contributed by atoms with van der Waals surface area (Å²) in [5.74, 6) is -0.110. The Balaban J connectivity index is 1.60. The molecule has 1 atom stereocenters. The summed E-state index contributed by atoms with van der Waals surface area (Å²) in [6.07, 6.45) is 2.61. The molecule has 0 spiro atoms. The standard InChI is InChI=1S/C21H20Cl2N2O/c1-11-3-5-18(23)17(7-11)21(26)24-14-4-6-19-15(10-14)16-9-13(22)8-12(2)20(16)25-19/h3,5,7-9,14,25H,4,6,10H2,1-2H3,(H,24,26)/t14-/m0/s1. The van der Waals surface area contributed by atoms with Gasteiger partial charge in [-0.25, -0.2) is 0 Å². The molecule has 0 aliphatic heterocycles.